The molecule has 0 spiro atoms. The first-order valence-corrected chi connectivity index (χ1v) is 9.87. The fraction of sp³-hybridized carbons (Fsp3) is 0.917. The van der Waals surface area contributed by atoms with Crippen LogP contribution in [0.4, 0.5) is 0 Å². The Morgan fingerprint density at radius 2 is 1.67 bits per heavy atom. The van der Waals surface area contributed by atoms with Crippen LogP contribution in [-0.2, 0) is 9.09 Å². The molecule has 0 N–H and O–H groups in total. The number of rotatable bonds is 6. The van der Waals surface area contributed by atoms with Crippen LogP contribution in [-0.4, -0.2) is 49.9 Å². The SMILES string of the molecule is C[P+](C)=O.[C-]#[N+]CCOP(C)N(C(C)C)C(C)C. The van der Waals surface area contributed by atoms with E-state index in [-0.39, 0.29) is 0 Å². The molecular weight excluding hydrogens is 266 g/mol. The molecule has 0 aliphatic carbocycles. The summed E-state index contributed by atoms with van der Waals surface area (Å²) in [6.45, 7) is 21.9. The smallest absolute Gasteiger partial charge is 0.332 e. The number of hydrogen-bond acceptors (Lipinski definition) is 3. The first-order chi connectivity index (χ1) is 8.23. The highest BCUT2D eigenvalue weighted by Crippen LogP contribution is 2.40. The van der Waals surface area contributed by atoms with Crippen molar-refractivity contribution in [3.8, 4) is 0 Å². The molecule has 4 nitrogen and oxygen atoms in total. The molecule has 0 saturated heterocycles. The summed E-state index contributed by atoms with van der Waals surface area (Å²) < 4.78 is 17.6. The molecule has 0 aliphatic rings. The van der Waals surface area contributed by atoms with Crippen molar-refractivity contribution in [2.45, 2.75) is 39.8 Å². The van der Waals surface area contributed by atoms with Crippen molar-refractivity contribution < 1.29 is 9.09 Å². The summed E-state index contributed by atoms with van der Waals surface area (Å²) in [5.74, 6) is 0. The highest BCUT2D eigenvalue weighted by molar-refractivity contribution is 7.49. The lowest BCUT2D eigenvalue weighted by Gasteiger charge is -2.34. The summed E-state index contributed by atoms with van der Waals surface area (Å²) in [5, 5.41) is 0. The van der Waals surface area contributed by atoms with E-state index < -0.39 is 16.1 Å². The molecule has 6 heteroatoms. The van der Waals surface area contributed by atoms with Crippen LogP contribution in [0.5, 0.6) is 0 Å². The molecule has 106 valence electrons. The van der Waals surface area contributed by atoms with E-state index in [0.29, 0.717) is 25.2 Å². The Labute approximate surface area is 115 Å². The zero-order valence-corrected chi connectivity index (χ0v) is 14.5. The first kappa shape index (κ1) is 20.3. The van der Waals surface area contributed by atoms with Gasteiger partial charge >= 0.3 is 7.80 Å². The predicted molar refractivity (Wildman–Crippen MR) is 81.8 cm³/mol. The predicted octanol–water partition coefficient (Wildman–Crippen LogP) is 4.06. The molecule has 0 saturated carbocycles. The molecule has 0 aromatic rings. The second-order valence-corrected chi connectivity index (χ2v) is 7.83. The van der Waals surface area contributed by atoms with Crippen LogP contribution in [0.2, 0.25) is 0 Å². The van der Waals surface area contributed by atoms with Gasteiger partial charge < -0.3 is 9.37 Å². The van der Waals surface area contributed by atoms with E-state index in [4.69, 9.17) is 11.1 Å². The van der Waals surface area contributed by atoms with Crippen LogP contribution >= 0.6 is 16.1 Å². The van der Waals surface area contributed by atoms with Crippen LogP contribution in [0.3, 0.4) is 0 Å². The molecule has 0 bridgehead atoms. The van der Waals surface area contributed by atoms with E-state index >= 15 is 0 Å². The van der Waals surface area contributed by atoms with Crippen LogP contribution in [0, 0.1) is 6.57 Å². The summed E-state index contributed by atoms with van der Waals surface area (Å²) in [7, 11) is -1.41. The summed E-state index contributed by atoms with van der Waals surface area (Å²) in [4.78, 5) is 3.27. The van der Waals surface area contributed by atoms with Gasteiger partial charge in [-0.15, -0.1) is 0 Å². The van der Waals surface area contributed by atoms with Crippen molar-refractivity contribution >= 4 is 16.1 Å². The Balaban J connectivity index is 0. The molecule has 0 aliphatic heterocycles. The molecule has 18 heavy (non-hydrogen) atoms. The van der Waals surface area contributed by atoms with E-state index in [0.717, 1.165) is 0 Å². The third-order valence-electron chi connectivity index (χ3n) is 1.86. The van der Waals surface area contributed by atoms with E-state index in [1.807, 2.05) is 0 Å². The summed E-state index contributed by atoms with van der Waals surface area (Å²) in [6, 6.07) is 0.998. The van der Waals surface area contributed by atoms with E-state index in [1.54, 1.807) is 13.3 Å². The van der Waals surface area contributed by atoms with Gasteiger partial charge in [0, 0.05) is 12.1 Å². The topological polar surface area (TPSA) is 33.9 Å². The third kappa shape index (κ3) is 12.4. The van der Waals surface area contributed by atoms with Gasteiger partial charge in [0.25, 0.3) is 0 Å². The highest BCUT2D eigenvalue weighted by atomic mass is 31.2. The van der Waals surface area contributed by atoms with Gasteiger partial charge in [-0.1, -0.05) is 4.57 Å². The van der Waals surface area contributed by atoms with Crippen molar-refractivity contribution in [3.63, 3.8) is 0 Å². The Kier molecular flexibility index (Phi) is 13.5. The number of hydrogen-bond donors (Lipinski definition) is 0. The van der Waals surface area contributed by atoms with Crippen molar-refractivity contribution in [3.05, 3.63) is 11.4 Å². The summed E-state index contributed by atoms with van der Waals surface area (Å²) in [5.41, 5.74) is 0. The van der Waals surface area contributed by atoms with E-state index in [1.165, 1.54) is 0 Å². The molecule has 0 heterocycles. The van der Waals surface area contributed by atoms with Crippen LogP contribution in [0.1, 0.15) is 27.7 Å². The van der Waals surface area contributed by atoms with E-state index in [9.17, 15) is 4.57 Å². The maximum atomic E-state index is 9.59. The number of nitrogens with zero attached hydrogens (tertiary/aromatic N) is 2. The molecule has 0 aromatic carbocycles. The zero-order valence-electron chi connectivity index (χ0n) is 12.7. The van der Waals surface area contributed by atoms with Crippen molar-refractivity contribution in [2.24, 2.45) is 0 Å². The lowest BCUT2D eigenvalue weighted by molar-refractivity contribution is 0.263. The molecular formula is C12H27N2O2P2+. The van der Waals surface area contributed by atoms with E-state index in [2.05, 4.69) is 43.9 Å². The van der Waals surface area contributed by atoms with Crippen molar-refractivity contribution in [1.29, 1.82) is 0 Å². The van der Waals surface area contributed by atoms with Gasteiger partial charge in [-0.2, -0.15) is 0 Å². The Bertz CT molecular complexity index is 253. The monoisotopic (exact) mass is 293 g/mol. The fourth-order valence-corrected chi connectivity index (χ4v) is 3.31. The quantitative estimate of drug-likeness (QED) is 0.421. The minimum Gasteiger partial charge on any atom is -0.336 e. The maximum Gasteiger partial charge on any atom is 0.332 e. The Hall–Kier alpha value is -0.0600. The van der Waals surface area contributed by atoms with Gasteiger partial charge in [-0.05, 0) is 34.4 Å². The van der Waals surface area contributed by atoms with Gasteiger partial charge in [0.05, 0.1) is 0 Å². The van der Waals surface area contributed by atoms with Gasteiger partial charge in [-0.25, -0.2) is 6.57 Å². The summed E-state index contributed by atoms with van der Waals surface area (Å²) in [6.07, 6.45) is 0. The average molecular weight is 293 g/mol. The average Bonchev–Trinajstić information content (AvgIpc) is 2.15. The lowest BCUT2D eigenvalue weighted by Crippen LogP contribution is -2.32. The molecule has 0 aromatic heterocycles. The molecule has 1 unspecified atom stereocenters. The minimum atomic E-state index is -0.870. The third-order valence-corrected chi connectivity index (χ3v) is 4.00. The maximum absolute atomic E-state index is 9.59. The van der Waals surface area contributed by atoms with Crippen molar-refractivity contribution in [1.82, 2.24) is 4.67 Å². The van der Waals surface area contributed by atoms with Crippen LogP contribution in [0.15, 0.2) is 0 Å². The Morgan fingerprint density at radius 3 is 1.94 bits per heavy atom. The molecule has 0 rings (SSSR count). The lowest BCUT2D eigenvalue weighted by atomic mass is 10.3. The standard InChI is InChI=1S/C10H21N2OP.C2H6OP/c1-9(2)12(10(3)4)14(6)13-8-7-11-5;1-4(2)3/h9-10H,7-8H2,1-4,6H3;1-2H3/q;+1. The van der Waals surface area contributed by atoms with Crippen LogP contribution < -0.4 is 0 Å². The normalized spacial score (nSPS) is 12.1. The molecule has 0 fully saturated rings. The van der Waals surface area contributed by atoms with Gasteiger partial charge in [-0.3, -0.25) is 4.67 Å². The van der Waals surface area contributed by atoms with Gasteiger partial charge in [0.1, 0.15) is 28.2 Å². The molecule has 0 amide bonds. The second kappa shape index (κ2) is 12.0. The highest BCUT2D eigenvalue weighted by Gasteiger charge is 2.20. The van der Waals surface area contributed by atoms with Crippen molar-refractivity contribution in [2.75, 3.05) is 33.1 Å². The first-order valence-electron chi connectivity index (χ1n) is 6.06. The fourth-order valence-electron chi connectivity index (χ4n) is 1.53. The zero-order chi connectivity index (χ0) is 14.7. The van der Waals surface area contributed by atoms with Gasteiger partial charge in [0.2, 0.25) is 6.54 Å². The van der Waals surface area contributed by atoms with Gasteiger partial charge in [0.15, 0.2) is 0 Å². The molecule has 1 atom stereocenters. The Morgan fingerprint density at radius 1 is 1.28 bits per heavy atom. The molecule has 0 radical (unpaired) electrons. The summed E-state index contributed by atoms with van der Waals surface area (Å²) >= 11 is 0. The van der Waals surface area contributed by atoms with Crippen LogP contribution in [0.25, 0.3) is 4.85 Å². The second-order valence-electron chi connectivity index (χ2n) is 4.56. The minimum absolute atomic E-state index is 0.469. The largest absolute Gasteiger partial charge is 0.336 e.